The molecule has 10 nitrogen and oxygen atoms in total. The van der Waals surface area contributed by atoms with Gasteiger partial charge < -0.3 is 14.8 Å². The van der Waals surface area contributed by atoms with Gasteiger partial charge in [-0.3, -0.25) is 14.8 Å². The standard InChI is InChI=1S/C22H27N3O7S/c1-15-22(2,21(27)24-28)25(13-19(32-15)20(26)23-3)33(29,30)18-11-9-17(10-12-18)31-14-16-7-5-4-6-8-16/h4-12,15,19,28H,13-14H2,1-3H3,(H,23,26)(H,24,27). The van der Waals surface area contributed by atoms with E-state index in [-0.39, 0.29) is 4.90 Å². The van der Waals surface area contributed by atoms with Crippen molar-refractivity contribution in [2.75, 3.05) is 13.6 Å². The Hall–Kier alpha value is -2.99. The Labute approximate surface area is 192 Å². The Balaban J connectivity index is 1.89. The van der Waals surface area contributed by atoms with E-state index in [0.29, 0.717) is 12.4 Å². The molecule has 178 valence electrons. The highest BCUT2D eigenvalue weighted by Gasteiger charge is 2.56. The summed E-state index contributed by atoms with van der Waals surface area (Å²) in [6.07, 6.45) is -2.17. The van der Waals surface area contributed by atoms with Gasteiger partial charge in [0.1, 0.15) is 24.0 Å². The molecule has 1 aliphatic heterocycles. The van der Waals surface area contributed by atoms with Crippen LogP contribution in [0.1, 0.15) is 19.4 Å². The number of sulfonamides is 1. The second-order valence-corrected chi connectivity index (χ2v) is 9.61. The van der Waals surface area contributed by atoms with E-state index in [1.807, 2.05) is 30.3 Å². The zero-order valence-corrected chi connectivity index (χ0v) is 19.3. The number of amides is 2. The van der Waals surface area contributed by atoms with Crippen LogP contribution in [0, 0.1) is 0 Å². The average Bonchev–Trinajstić information content (AvgIpc) is 2.83. The van der Waals surface area contributed by atoms with Gasteiger partial charge in [0.05, 0.1) is 17.5 Å². The molecule has 0 aromatic heterocycles. The van der Waals surface area contributed by atoms with E-state index < -0.39 is 46.1 Å². The van der Waals surface area contributed by atoms with Crippen molar-refractivity contribution < 1.29 is 32.7 Å². The first-order valence-electron chi connectivity index (χ1n) is 10.3. The highest BCUT2D eigenvalue weighted by molar-refractivity contribution is 7.89. The molecule has 0 spiro atoms. The van der Waals surface area contributed by atoms with Crippen LogP contribution in [0.5, 0.6) is 5.75 Å². The molecule has 0 bridgehead atoms. The molecule has 2 amide bonds. The summed E-state index contributed by atoms with van der Waals surface area (Å²) in [7, 11) is -2.87. The number of hydroxylamine groups is 1. The fourth-order valence-electron chi connectivity index (χ4n) is 3.61. The first kappa shape index (κ1) is 24.6. The summed E-state index contributed by atoms with van der Waals surface area (Å²) in [5, 5.41) is 11.7. The Morgan fingerprint density at radius 2 is 1.82 bits per heavy atom. The maximum absolute atomic E-state index is 13.6. The van der Waals surface area contributed by atoms with Crippen molar-refractivity contribution in [3.05, 3.63) is 60.2 Å². The van der Waals surface area contributed by atoms with E-state index in [9.17, 15) is 23.2 Å². The minimum absolute atomic E-state index is 0.101. The molecule has 11 heteroatoms. The number of nitrogens with zero attached hydrogens (tertiary/aromatic N) is 1. The van der Waals surface area contributed by atoms with E-state index in [2.05, 4.69) is 5.32 Å². The normalized spacial score (nSPS) is 23.5. The number of morpholine rings is 1. The second-order valence-electron chi connectivity index (χ2n) is 7.75. The minimum atomic E-state index is -4.27. The van der Waals surface area contributed by atoms with Crippen LogP contribution >= 0.6 is 0 Å². The summed E-state index contributed by atoms with van der Waals surface area (Å²) in [6.45, 7) is 2.70. The minimum Gasteiger partial charge on any atom is -0.489 e. The molecule has 2 aromatic rings. The molecule has 3 rings (SSSR count). The zero-order valence-electron chi connectivity index (χ0n) is 18.5. The zero-order chi connectivity index (χ0) is 24.2. The molecule has 0 radical (unpaired) electrons. The lowest BCUT2D eigenvalue weighted by Crippen LogP contribution is -2.70. The lowest BCUT2D eigenvalue weighted by Gasteiger charge is -2.47. The van der Waals surface area contributed by atoms with Crippen LogP contribution in [0.4, 0.5) is 0 Å². The monoisotopic (exact) mass is 477 g/mol. The number of rotatable bonds is 7. The number of hydrogen-bond acceptors (Lipinski definition) is 7. The molecule has 1 saturated heterocycles. The Morgan fingerprint density at radius 1 is 1.18 bits per heavy atom. The largest absolute Gasteiger partial charge is 0.489 e. The van der Waals surface area contributed by atoms with E-state index >= 15 is 0 Å². The van der Waals surface area contributed by atoms with E-state index in [1.54, 1.807) is 0 Å². The van der Waals surface area contributed by atoms with Gasteiger partial charge in [-0.05, 0) is 43.7 Å². The van der Waals surface area contributed by atoms with Crippen LogP contribution in [0.2, 0.25) is 0 Å². The Morgan fingerprint density at radius 3 is 2.39 bits per heavy atom. The van der Waals surface area contributed by atoms with Gasteiger partial charge in [-0.2, -0.15) is 4.31 Å². The fraction of sp³-hybridized carbons (Fsp3) is 0.364. The first-order chi connectivity index (χ1) is 15.6. The molecule has 3 unspecified atom stereocenters. The Bertz CT molecular complexity index is 1090. The van der Waals surface area contributed by atoms with Gasteiger partial charge in [-0.1, -0.05) is 30.3 Å². The smallest absolute Gasteiger partial charge is 0.267 e. The molecular formula is C22H27N3O7S. The third-order valence-electron chi connectivity index (χ3n) is 5.77. The van der Waals surface area contributed by atoms with Crippen molar-refractivity contribution in [1.29, 1.82) is 0 Å². The molecular weight excluding hydrogens is 450 g/mol. The van der Waals surface area contributed by atoms with Crippen molar-refractivity contribution in [2.24, 2.45) is 0 Å². The summed E-state index contributed by atoms with van der Waals surface area (Å²) in [4.78, 5) is 24.6. The van der Waals surface area contributed by atoms with Gasteiger partial charge in [0.25, 0.3) is 5.91 Å². The molecule has 1 heterocycles. The molecule has 1 aliphatic rings. The molecule has 0 saturated carbocycles. The molecule has 0 aliphatic carbocycles. The fourth-order valence-corrected chi connectivity index (χ4v) is 5.40. The second kappa shape index (κ2) is 9.87. The molecule has 3 atom stereocenters. The molecule has 3 N–H and O–H groups in total. The number of hydrogen-bond donors (Lipinski definition) is 3. The van der Waals surface area contributed by atoms with Crippen molar-refractivity contribution in [1.82, 2.24) is 15.1 Å². The summed E-state index contributed by atoms with van der Waals surface area (Å²) in [5.74, 6) is -1.04. The van der Waals surface area contributed by atoms with Crippen LogP contribution in [-0.2, 0) is 31.0 Å². The van der Waals surface area contributed by atoms with Gasteiger partial charge >= 0.3 is 0 Å². The molecule has 2 aromatic carbocycles. The van der Waals surface area contributed by atoms with Gasteiger partial charge in [0.15, 0.2) is 0 Å². The number of nitrogens with one attached hydrogen (secondary N) is 2. The predicted molar refractivity (Wildman–Crippen MR) is 118 cm³/mol. The van der Waals surface area contributed by atoms with E-state index in [4.69, 9.17) is 9.47 Å². The maximum atomic E-state index is 13.6. The molecule has 33 heavy (non-hydrogen) atoms. The van der Waals surface area contributed by atoms with Crippen molar-refractivity contribution in [3.8, 4) is 5.75 Å². The number of carbonyl (C=O) groups is 2. The van der Waals surface area contributed by atoms with Crippen LogP contribution < -0.4 is 15.5 Å². The first-order valence-corrected chi connectivity index (χ1v) is 11.7. The number of benzene rings is 2. The van der Waals surface area contributed by atoms with Crippen LogP contribution in [0.3, 0.4) is 0 Å². The third-order valence-corrected chi connectivity index (χ3v) is 7.75. The van der Waals surface area contributed by atoms with Crippen molar-refractivity contribution in [2.45, 2.75) is 43.1 Å². The lowest BCUT2D eigenvalue weighted by atomic mass is 9.92. The highest BCUT2D eigenvalue weighted by atomic mass is 32.2. The van der Waals surface area contributed by atoms with Gasteiger partial charge in [0.2, 0.25) is 15.9 Å². The number of ether oxygens (including phenoxy) is 2. The van der Waals surface area contributed by atoms with Crippen molar-refractivity contribution >= 4 is 21.8 Å². The maximum Gasteiger partial charge on any atom is 0.267 e. The summed E-state index contributed by atoms with van der Waals surface area (Å²) >= 11 is 0. The van der Waals surface area contributed by atoms with Crippen LogP contribution in [0.25, 0.3) is 0 Å². The SMILES string of the molecule is CNC(=O)C1CN(S(=O)(=O)c2ccc(OCc3ccccc3)cc2)C(C)(C(=O)NO)C(C)O1. The highest BCUT2D eigenvalue weighted by Crippen LogP contribution is 2.34. The topological polar surface area (TPSA) is 134 Å². The van der Waals surface area contributed by atoms with Gasteiger partial charge in [0, 0.05) is 7.05 Å². The molecule has 1 fully saturated rings. The quantitative estimate of drug-likeness (QED) is 0.401. The van der Waals surface area contributed by atoms with E-state index in [1.165, 1.54) is 50.6 Å². The van der Waals surface area contributed by atoms with Crippen LogP contribution in [0.15, 0.2) is 59.5 Å². The third kappa shape index (κ3) is 4.86. The Kier molecular flexibility index (Phi) is 7.38. The number of likely N-dealkylation sites (N-methyl/N-ethyl adjacent to an activating group) is 1. The van der Waals surface area contributed by atoms with Crippen molar-refractivity contribution in [3.63, 3.8) is 0 Å². The average molecular weight is 478 g/mol. The predicted octanol–water partition coefficient (Wildman–Crippen LogP) is 1.05. The summed E-state index contributed by atoms with van der Waals surface area (Å²) in [6, 6.07) is 15.3. The lowest BCUT2D eigenvalue weighted by molar-refractivity contribution is -0.171. The summed E-state index contributed by atoms with van der Waals surface area (Å²) in [5.41, 5.74) is 0.669. The number of carbonyl (C=O) groups excluding carboxylic acids is 2. The van der Waals surface area contributed by atoms with Gasteiger partial charge in [-0.25, -0.2) is 13.9 Å². The summed E-state index contributed by atoms with van der Waals surface area (Å²) < 4.78 is 39.3. The van der Waals surface area contributed by atoms with E-state index in [0.717, 1.165) is 9.87 Å². The van der Waals surface area contributed by atoms with Gasteiger partial charge in [-0.15, -0.1) is 0 Å². The van der Waals surface area contributed by atoms with Crippen LogP contribution in [-0.4, -0.2) is 61.1 Å².